The van der Waals surface area contributed by atoms with Gasteiger partial charge in [0, 0.05) is 24.0 Å². The minimum absolute atomic E-state index is 0.105. The fraction of sp³-hybridized carbons (Fsp3) is 0.526. The molecule has 1 aromatic heterocycles. The van der Waals surface area contributed by atoms with Gasteiger partial charge in [-0.2, -0.15) is 0 Å². The van der Waals surface area contributed by atoms with Gasteiger partial charge in [-0.05, 0) is 49.9 Å². The summed E-state index contributed by atoms with van der Waals surface area (Å²) in [6.07, 6.45) is 6.48. The number of methoxy groups -OCH3 is 1. The molecule has 2 aromatic rings. The van der Waals surface area contributed by atoms with E-state index in [1.165, 1.54) is 32.1 Å². The number of benzene rings is 1. The lowest BCUT2D eigenvalue weighted by atomic mass is 9.89. The van der Waals surface area contributed by atoms with E-state index >= 15 is 0 Å². The molecular formula is C19H26N2O2. The third-order valence-corrected chi connectivity index (χ3v) is 4.93. The van der Waals surface area contributed by atoms with Crippen LogP contribution >= 0.6 is 0 Å². The van der Waals surface area contributed by atoms with Gasteiger partial charge in [-0.3, -0.25) is 4.79 Å². The van der Waals surface area contributed by atoms with E-state index in [0.29, 0.717) is 11.6 Å². The van der Waals surface area contributed by atoms with Crippen LogP contribution in [-0.4, -0.2) is 36.0 Å². The molecule has 3 rings (SSSR count). The van der Waals surface area contributed by atoms with Crippen molar-refractivity contribution in [2.75, 3.05) is 20.2 Å². The number of carbonyl (C=O) groups excluding carboxylic acids is 1. The maximum Gasteiger partial charge on any atom is 0.270 e. The van der Waals surface area contributed by atoms with E-state index in [9.17, 15) is 4.79 Å². The van der Waals surface area contributed by atoms with Crippen molar-refractivity contribution >= 4 is 16.8 Å². The molecule has 0 saturated heterocycles. The number of H-pyrrole nitrogens is 1. The van der Waals surface area contributed by atoms with Crippen LogP contribution in [0.4, 0.5) is 0 Å². The van der Waals surface area contributed by atoms with Gasteiger partial charge < -0.3 is 14.6 Å². The molecule has 0 spiro atoms. The van der Waals surface area contributed by atoms with Crippen molar-refractivity contribution in [3.05, 3.63) is 30.0 Å². The Hall–Kier alpha value is -1.97. The van der Waals surface area contributed by atoms with Crippen LogP contribution in [0.15, 0.2) is 24.3 Å². The van der Waals surface area contributed by atoms with Crippen LogP contribution in [0.3, 0.4) is 0 Å². The Bertz CT molecular complexity index is 671. The first-order valence-electron chi connectivity index (χ1n) is 8.67. The highest BCUT2D eigenvalue weighted by molar-refractivity contribution is 5.98. The first-order valence-corrected chi connectivity index (χ1v) is 8.67. The van der Waals surface area contributed by atoms with E-state index in [1.54, 1.807) is 7.11 Å². The summed E-state index contributed by atoms with van der Waals surface area (Å²) in [5.74, 6) is 1.58. The molecule has 1 aliphatic rings. The third-order valence-electron chi connectivity index (χ3n) is 4.93. The average molecular weight is 314 g/mol. The number of nitrogens with one attached hydrogen (secondary N) is 1. The van der Waals surface area contributed by atoms with Crippen molar-refractivity contribution in [1.82, 2.24) is 9.88 Å². The highest BCUT2D eigenvalue weighted by atomic mass is 16.5. The molecule has 4 nitrogen and oxygen atoms in total. The number of ether oxygens (including phenoxy) is 1. The van der Waals surface area contributed by atoms with Crippen molar-refractivity contribution in [3.8, 4) is 5.75 Å². The van der Waals surface area contributed by atoms with Crippen molar-refractivity contribution in [1.29, 1.82) is 0 Å². The van der Waals surface area contributed by atoms with Gasteiger partial charge >= 0.3 is 0 Å². The number of fused-ring (bicyclic) bond motifs is 1. The number of hydrogen-bond acceptors (Lipinski definition) is 2. The van der Waals surface area contributed by atoms with Crippen LogP contribution in [0.2, 0.25) is 0 Å². The molecule has 1 saturated carbocycles. The van der Waals surface area contributed by atoms with E-state index < -0.39 is 0 Å². The van der Waals surface area contributed by atoms with Gasteiger partial charge in [-0.1, -0.05) is 19.3 Å². The molecule has 0 aliphatic heterocycles. The second-order valence-corrected chi connectivity index (χ2v) is 6.48. The number of hydrogen-bond donors (Lipinski definition) is 1. The zero-order valence-electron chi connectivity index (χ0n) is 14.1. The number of nitrogens with zero attached hydrogens (tertiary/aromatic N) is 1. The number of amides is 1. The van der Waals surface area contributed by atoms with Crippen molar-refractivity contribution in [2.24, 2.45) is 5.92 Å². The molecule has 1 amide bonds. The van der Waals surface area contributed by atoms with E-state index in [0.717, 1.165) is 29.7 Å². The van der Waals surface area contributed by atoms with Crippen molar-refractivity contribution < 1.29 is 9.53 Å². The molecule has 1 heterocycles. The highest BCUT2D eigenvalue weighted by Crippen LogP contribution is 2.26. The number of aromatic nitrogens is 1. The summed E-state index contributed by atoms with van der Waals surface area (Å²) in [4.78, 5) is 18.1. The summed E-state index contributed by atoms with van der Waals surface area (Å²) in [6.45, 7) is 3.70. The molecule has 1 aliphatic carbocycles. The van der Waals surface area contributed by atoms with Crippen LogP contribution in [-0.2, 0) is 0 Å². The van der Waals surface area contributed by atoms with Gasteiger partial charge in [0.05, 0.1) is 7.11 Å². The summed E-state index contributed by atoms with van der Waals surface area (Å²) in [5.41, 5.74) is 1.65. The minimum atomic E-state index is 0.105. The van der Waals surface area contributed by atoms with Crippen LogP contribution < -0.4 is 4.74 Å². The molecule has 1 N–H and O–H groups in total. The molecule has 124 valence electrons. The summed E-state index contributed by atoms with van der Waals surface area (Å²) in [6, 6.07) is 7.76. The largest absolute Gasteiger partial charge is 0.497 e. The predicted molar refractivity (Wildman–Crippen MR) is 93.0 cm³/mol. The topological polar surface area (TPSA) is 45.3 Å². The fourth-order valence-corrected chi connectivity index (χ4v) is 3.56. The quantitative estimate of drug-likeness (QED) is 0.898. The van der Waals surface area contributed by atoms with Crippen molar-refractivity contribution in [3.63, 3.8) is 0 Å². The molecule has 1 fully saturated rings. The molecule has 23 heavy (non-hydrogen) atoms. The molecular weight excluding hydrogens is 288 g/mol. The smallest absolute Gasteiger partial charge is 0.270 e. The van der Waals surface area contributed by atoms with Crippen molar-refractivity contribution in [2.45, 2.75) is 39.0 Å². The van der Waals surface area contributed by atoms with Gasteiger partial charge in [0.1, 0.15) is 11.4 Å². The Balaban J connectivity index is 1.76. The summed E-state index contributed by atoms with van der Waals surface area (Å²) in [7, 11) is 1.66. The maximum atomic E-state index is 12.8. The molecule has 0 bridgehead atoms. The Labute approximate surface area is 137 Å². The van der Waals surface area contributed by atoms with Crippen LogP contribution in [0.5, 0.6) is 5.75 Å². The first-order chi connectivity index (χ1) is 11.2. The summed E-state index contributed by atoms with van der Waals surface area (Å²) < 4.78 is 5.25. The monoisotopic (exact) mass is 314 g/mol. The first kappa shape index (κ1) is 15.9. The van der Waals surface area contributed by atoms with Crippen LogP contribution in [0.25, 0.3) is 10.9 Å². The lowest BCUT2D eigenvalue weighted by Crippen LogP contribution is -2.36. The van der Waals surface area contributed by atoms with Gasteiger partial charge in [0.25, 0.3) is 5.91 Å². The van der Waals surface area contributed by atoms with Crippen LogP contribution in [0, 0.1) is 5.92 Å². The molecule has 0 atom stereocenters. The van der Waals surface area contributed by atoms with E-state index in [2.05, 4.69) is 11.9 Å². The van der Waals surface area contributed by atoms with E-state index in [4.69, 9.17) is 4.74 Å². The number of rotatable bonds is 5. The average Bonchev–Trinajstić information content (AvgIpc) is 3.03. The Morgan fingerprint density at radius 2 is 2.04 bits per heavy atom. The lowest BCUT2D eigenvalue weighted by molar-refractivity contribution is 0.0719. The summed E-state index contributed by atoms with van der Waals surface area (Å²) >= 11 is 0. The Kier molecular flexibility index (Phi) is 4.89. The van der Waals surface area contributed by atoms with Crippen LogP contribution in [0.1, 0.15) is 49.5 Å². The van der Waals surface area contributed by atoms with Gasteiger partial charge in [-0.25, -0.2) is 0 Å². The van der Waals surface area contributed by atoms with Gasteiger partial charge in [-0.15, -0.1) is 0 Å². The second-order valence-electron chi connectivity index (χ2n) is 6.48. The Morgan fingerprint density at radius 1 is 1.26 bits per heavy atom. The van der Waals surface area contributed by atoms with Gasteiger partial charge in [0.2, 0.25) is 0 Å². The number of aromatic amines is 1. The zero-order chi connectivity index (χ0) is 16.2. The molecule has 4 heteroatoms. The normalized spacial score (nSPS) is 15.7. The third kappa shape index (κ3) is 3.52. The predicted octanol–water partition coefficient (Wildman–Crippen LogP) is 4.22. The highest BCUT2D eigenvalue weighted by Gasteiger charge is 2.22. The van der Waals surface area contributed by atoms with Gasteiger partial charge in [0.15, 0.2) is 0 Å². The molecule has 0 radical (unpaired) electrons. The fourth-order valence-electron chi connectivity index (χ4n) is 3.56. The molecule has 1 aromatic carbocycles. The second kappa shape index (κ2) is 7.07. The van der Waals surface area contributed by atoms with E-state index in [1.807, 2.05) is 29.2 Å². The SMILES string of the molecule is CCN(CC1CCCCC1)C(=O)c1cc2cc(OC)ccc2[nH]1. The number of carbonyl (C=O) groups is 1. The maximum absolute atomic E-state index is 12.8. The lowest BCUT2D eigenvalue weighted by Gasteiger charge is -2.28. The standard InChI is InChI=1S/C19H26N2O2/c1-3-21(13-14-7-5-4-6-8-14)19(22)18-12-15-11-16(23-2)9-10-17(15)20-18/h9-12,14,20H,3-8,13H2,1-2H3. The zero-order valence-corrected chi connectivity index (χ0v) is 14.1. The minimum Gasteiger partial charge on any atom is -0.497 e. The molecule has 0 unspecified atom stereocenters. The van der Waals surface area contributed by atoms with E-state index in [-0.39, 0.29) is 5.91 Å². The Morgan fingerprint density at radius 3 is 2.74 bits per heavy atom. The summed E-state index contributed by atoms with van der Waals surface area (Å²) in [5, 5.41) is 1.02.